The Bertz CT molecular complexity index is 178. The lowest BCUT2D eigenvalue weighted by atomic mass is 10.1. The second-order valence-electron chi connectivity index (χ2n) is 4.35. The highest BCUT2D eigenvalue weighted by Crippen LogP contribution is 2.05. The van der Waals surface area contributed by atoms with Gasteiger partial charge in [-0.15, -0.1) is 5.73 Å². The maximum absolute atomic E-state index is 8.61. The van der Waals surface area contributed by atoms with Crippen LogP contribution in [-0.2, 0) is 0 Å². The summed E-state index contributed by atoms with van der Waals surface area (Å²) < 4.78 is 0. The van der Waals surface area contributed by atoms with Crippen LogP contribution in [0.25, 0.3) is 0 Å². The van der Waals surface area contributed by atoms with E-state index in [0.717, 1.165) is 12.8 Å². The van der Waals surface area contributed by atoms with E-state index in [1.807, 2.05) is 0 Å². The third kappa shape index (κ3) is 13.5. The van der Waals surface area contributed by atoms with E-state index < -0.39 is 0 Å². The predicted molar refractivity (Wildman–Crippen MR) is 71.6 cm³/mol. The van der Waals surface area contributed by atoms with Gasteiger partial charge < -0.3 is 5.11 Å². The van der Waals surface area contributed by atoms with Crippen LogP contribution in [0.1, 0.15) is 71.1 Å². The third-order valence-electron chi connectivity index (χ3n) is 2.69. The molecule has 1 nitrogen and oxygen atoms in total. The molecule has 0 aromatic carbocycles. The predicted octanol–water partition coefficient (Wildman–Crippen LogP) is 4.61. The second kappa shape index (κ2) is 14.5. The van der Waals surface area contributed by atoms with Crippen LogP contribution in [0.15, 0.2) is 17.9 Å². The van der Waals surface area contributed by atoms with E-state index in [0.29, 0.717) is 6.61 Å². The molecule has 0 amide bonds. The van der Waals surface area contributed by atoms with Gasteiger partial charge in [-0.25, -0.2) is 0 Å². The summed E-state index contributed by atoms with van der Waals surface area (Å²) in [7, 11) is 0. The summed E-state index contributed by atoms with van der Waals surface area (Å²) in [6.45, 7) is 2.58. The van der Waals surface area contributed by atoms with Gasteiger partial charge in [0.25, 0.3) is 0 Å². The zero-order chi connectivity index (χ0) is 11.9. The Balaban J connectivity index is 3.14. The molecule has 0 atom stereocenters. The molecule has 0 saturated heterocycles. The lowest BCUT2D eigenvalue weighted by Gasteiger charge is -1.96. The van der Waals surface area contributed by atoms with Gasteiger partial charge in [-0.2, -0.15) is 0 Å². The Hall–Kier alpha value is -0.520. The van der Waals surface area contributed by atoms with E-state index in [4.69, 9.17) is 5.11 Å². The molecule has 16 heavy (non-hydrogen) atoms. The average molecular weight is 224 g/mol. The van der Waals surface area contributed by atoms with Crippen molar-refractivity contribution in [1.82, 2.24) is 0 Å². The van der Waals surface area contributed by atoms with Gasteiger partial charge in [-0.3, -0.25) is 0 Å². The maximum Gasteiger partial charge on any atom is 0.0431 e. The largest absolute Gasteiger partial charge is 0.396 e. The van der Waals surface area contributed by atoms with Gasteiger partial charge in [0.15, 0.2) is 0 Å². The van der Waals surface area contributed by atoms with Gasteiger partial charge in [0.1, 0.15) is 0 Å². The van der Waals surface area contributed by atoms with E-state index in [1.54, 1.807) is 0 Å². The van der Waals surface area contributed by atoms with E-state index in [-0.39, 0.29) is 0 Å². The van der Waals surface area contributed by atoms with Gasteiger partial charge in [0, 0.05) is 6.61 Å². The summed E-state index contributed by atoms with van der Waals surface area (Å²) in [6, 6.07) is 0. The van der Waals surface area contributed by atoms with Crippen molar-refractivity contribution in [1.29, 1.82) is 0 Å². The molecule has 0 aliphatic carbocycles. The minimum Gasteiger partial charge on any atom is -0.396 e. The molecule has 0 bridgehead atoms. The lowest BCUT2D eigenvalue weighted by Crippen LogP contribution is -1.82. The van der Waals surface area contributed by atoms with Gasteiger partial charge in [0.2, 0.25) is 0 Å². The van der Waals surface area contributed by atoms with Crippen molar-refractivity contribution < 1.29 is 5.11 Å². The summed E-state index contributed by atoms with van der Waals surface area (Å²) in [5.74, 6) is 0. The number of hydrogen-bond acceptors (Lipinski definition) is 1. The average Bonchev–Trinajstić information content (AvgIpc) is 2.31. The van der Waals surface area contributed by atoms with E-state index >= 15 is 0 Å². The van der Waals surface area contributed by atoms with Crippen molar-refractivity contribution in [3.63, 3.8) is 0 Å². The molecule has 0 saturated carbocycles. The van der Waals surface area contributed by atoms with Crippen LogP contribution in [0.3, 0.4) is 0 Å². The van der Waals surface area contributed by atoms with Crippen LogP contribution in [0.4, 0.5) is 0 Å². The second-order valence-corrected chi connectivity index (χ2v) is 4.35. The van der Waals surface area contributed by atoms with Crippen molar-refractivity contribution in [3.8, 4) is 0 Å². The molecule has 0 spiro atoms. The molecule has 0 radical (unpaired) electrons. The Morgan fingerprint density at radius 1 is 0.812 bits per heavy atom. The molecule has 0 rings (SSSR count). The van der Waals surface area contributed by atoms with Gasteiger partial charge in [0.05, 0.1) is 0 Å². The molecule has 0 heterocycles. The topological polar surface area (TPSA) is 20.2 Å². The molecular formula is C15H28O. The highest BCUT2D eigenvalue weighted by Gasteiger charge is 1.87. The fourth-order valence-corrected chi connectivity index (χ4v) is 1.63. The number of aliphatic hydroxyl groups is 1. The SMILES string of the molecule is CCCCCC=C=CCCCCCCCO. The number of aliphatic hydroxyl groups excluding tert-OH is 1. The molecule has 0 aromatic rings. The van der Waals surface area contributed by atoms with Crippen molar-refractivity contribution in [2.24, 2.45) is 0 Å². The highest BCUT2D eigenvalue weighted by atomic mass is 16.2. The third-order valence-corrected chi connectivity index (χ3v) is 2.69. The first-order valence-electron chi connectivity index (χ1n) is 6.92. The van der Waals surface area contributed by atoms with Gasteiger partial charge in [-0.1, -0.05) is 39.0 Å². The smallest absolute Gasteiger partial charge is 0.0431 e. The van der Waals surface area contributed by atoms with Crippen LogP contribution in [0.5, 0.6) is 0 Å². The molecule has 0 aromatic heterocycles. The first kappa shape index (κ1) is 15.5. The first-order chi connectivity index (χ1) is 7.91. The Morgan fingerprint density at radius 3 is 2.00 bits per heavy atom. The molecule has 0 unspecified atom stereocenters. The summed E-state index contributed by atoms with van der Waals surface area (Å²) >= 11 is 0. The van der Waals surface area contributed by atoms with Crippen LogP contribution in [0.2, 0.25) is 0 Å². The van der Waals surface area contributed by atoms with Crippen molar-refractivity contribution >= 4 is 0 Å². The lowest BCUT2D eigenvalue weighted by molar-refractivity contribution is 0.282. The quantitative estimate of drug-likeness (QED) is 0.401. The minimum atomic E-state index is 0.348. The molecule has 0 aliphatic heterocycles. The van der Waals surface area contributed by atoms with E-state index in [2.05, 4.69) is 24.8 Å². The van der Waals surface area contributed by atoms with Gasteiger partial charge >= 0.3 is 0 Å². The summed E-state index contributed by atoms with van der Waals surface area (Å²) in [6.07, 6.45) is 16.6. The fraction of sp³-hybridized carbons (Fsp3) is 0.800. The zero-order valence-corrected chi connectivity index (χ0v) is 10.9. The van der Waals surface area contributed by atoms with Crippen LogP contribution in [0, 0.1) is 0 Å². The van der Waals surface area contributed by atoms with Crippen molar-refractivity contribution in [3.05, 3.63) is 17.9 Å². The van der Waals surface area contributed by atoms with Crippen LogP contribution in [-0.4, -0.2) is 11.7 Å². The monoisotopic (exact) mass is 224 g/mol. The standard InChI is InChI=1S/C15H28O/c1-2-3-4-5-6-7-8-9-10-11-12-13-14-15-16/h6,8,16H,2-5,9-15H2,1H3. The maximum atomic E-state index is 8.61. The number of unbranched alkanes of at least 4 members (excludes halogenated alkanes) is 8. The van der Waals surface area contributed by atoms with E-state index in [9.17, 15) is 0 Å². The Kier molecular flexibility index (Phi) is 14.0. The molecule has 1 N–H and O–H groups in total. The summed E-state index contributed by atoms with van der Waals surface area (Å²) in [5.41, 5.74) is 3.26. The highest BCUT2D eigenvalue weighted by molar-refractivity contribution is 4.84. The molecule has 0 aliphatic rings. The van der Waals surface area contributed by atoms with Crippen molar-refractivity contribution in [2.75, 3.05) is 6.61 Å². The zero-order valence-electron chi connectivity index (χ0n) is 10.9. The normalized spacial score (nSPS) is 9.88. The summed E-state index contributed by atoms with van der Waals surface area (Å²) in [4.78, 5) is 0. The fourth-order valence-electron chi connectivity index (χ4n) is 1.63. The Morgan fingerprint density at radius 2 is 1.38 bits per heavy atom. The minimum absolute atomic E-state index is 0.348. The Labute approximate surface area is 101 Å². The number of rotatable bonds is 11. The van der Waals surface area contributed by atoms with Gasteiger partial charge in [-0.05, 0) is 44.3 Å². The van der Waals surface area contributed by atoms with Crippen LogP contribution >= 0.6 is 0 Å². The summed E-state index contributed by atoms with van der Waals surface area (Å²) in [5, 5.41) is 8.61. The number of allylic oxidation sites excluding steroid dienone is 1. The molecule has 1 heteroatoms. The van der Waals surface area contributed by atoms with Crippen LogP contribution < -0.4 is 0 Å². The van der Waals surface area contributed by atoms with Crippen molar-refractivity contribution in [2.45, 2.75) is 71.1 Å². The molecule has 94 valence electrons. The number of hydrogen-bond donors (Lipinski definition) is 1. The molecular weight excluding hydrogens is 196 g/mol. The molecule has 0 fully saturated rings. The van der Waals surface area contributed by atoms with E-state index in [1.165, 1.54) is 51.4 Å². The first-order valence-corrected chi connectivity index (χ1v) is 6.92.